The Morgan fingerprint density at radius 3 is 2.70 bits per heavy atom. The summed E-state index contributed by atoms with van der Waals surface area (Å²) in [6, 6.07) is 5.83. The van der Waals surface area contributed by atoms with E-state index in [0.717, 1.165) is 73.8 Å². The van der Waals surface area contributed by atoms with Crippen LogP contribution in [0.3, 0.4) is 0 Å². The Bertz CT molecular complexity index is 1340. The second-order valence-corrected chi connectivity index (χ2v) is 12.8. The van der Waals surface area contributed by atoms with E-state index in [-0.39, 0.29) is 24.1 Å². The highest BCUT2D eigenvalue weighted by Gasteiger charge is 2.57. The standard InChI is InChI=1S/C32H41ClN4O3/c1-32-26(31(40)36-15-6-3-7-16-36)18-22(19-28(38)34-14-12-21-8-4-2-5-9-21)30(39)37(32)17-13-24-25-20-23(33)10-11-27(25)35-29(24)32/h8,10-11,20,22,26,35H,2-7,9,12-19H2,1H3,(H,34,38)/t22-,26-,32+/m1/s1. The van der Waals surface area contributed by atoms with Gasteiger partial charge in [0, 0.05) is 60.1 Å². The first kappa shape index (κ1) is 27.4. The van der Waals surface area contributed by atoms with Gasteiger partial charge in [-0.1, -0.05) is 23.3 Å². The average molecular weight is 565 g/mol. The van der Waals surface area contributed by atoms with Crippen LogP contribution in [0.25, 0.3) is 10.9 Å². The van der Waals surface area contributed by atoms with Crippen LogP contribution < -0.4 is 5.32 Å². The predicted molar refractivity (Wildman–Crippen MR) is 157 cm³/mol. The molecule has 2 fully saturated rings. The topological polar surface area (TPSA) is 85.5 Å². The summed E-state index contributed by atoms with van der Waals surface area (Å²) in [5.41, 5.74) is 3.69. The van der Waals surface area contributed by atoms with Crippen molar-refractivity contribution in [2.75, 3.05) is 26.2 Å². The molecular formula is C32H41ClN4O3. The zero-order chi connectivity index (χ0) is 27.9. The van der Waals surface area contributed by atoms with E-state index < -0.39 is 17.4 Å². The van der Waals surface area contributed by atoms with Gasteiger partial charge in [-0.2, -0.15) is 0 Å². The highest BCUT2D eigenvalue weighted by molar-refractivity contribution is 6.31. The van der Waals surface area contributed by atoms with Gasteiger partial charge >= 0.3 is 0 Å². The van der Waals surface area contributed by atoms with Crippen molar-refractivity contribution in [3.05, 3.63) is 46.1 Å². The molecule has 3 amide bonds. The first-order valence-electron chi connectivity index (χ1n) is 15.2. The summed E-state index contributed by atoms with van der Waals surface area (Å²) >= 11 is 6.36. The maximum Gasteiger partial charge on any atom is 0.228 e. The predicted octanol–water partition coefficient (Wildman–Crippen LogP) is 5.47. The number of allylic oxidation sites excluding steroid dienone is 1. The Hall–Kier alpha value is -2.80. The van der Waals surface area contributed by atoms with Crippen molar-refractivity contribution in [2.24, 2.45) is 11.8 Å². The molecule has 0 saturated carbocycles. The summed E-state index contributed by atoms with van der Waals surface area (Å²) in [5, 5.41) is 4.80. The fourth-order valence-electron chi connectivity index (χ4n) is 7.68. The highest BCUT2D eigenvalue weighted by atomic mass is 35.5. The van der Waals surface area contributed by atoms with Crippen molar-refractivity contribution < 1.29 is 14.4 Å². The zero-order valence-electron chi connectivity index (χ0n) is 23.6. The van der Waals surface area contributed by atoms with Crippen LogP contribution in [0, 0.1) is 11.8 Å². The van der Waals surface area contributed by atoms with Crippen LogP contribution in [0.5, 0.6) is 0 Å². The van der Waals surface area contributed by atoms with Crippen molar-refractivity contribution in [3.8, 4) is 0 Å². The van der Waals surface area contributed by atoms with E-state index in [1.807, 2.05) is 28.0 Å². The number of amides is 3. The normalized spacial score (nSPS) is 26.8. The molecule has 6 rings (SSSR count). The largest absolute Gasteiger partial charge is 0.356 e. The first-order chi connectivity index (χ1) is 19.4. The monoisotopic (exact) mass is 564 g/mol. The summed E-state index contributed by atoms with van der Waals surface area (Å²) in [4.78, 5) is 48.8. The second-order valence-electron chi connectivity index (χ2n) is 12.3. The van der Waals surface area contributed by atoms with Gasteiger partial charge in [0.1, 0.15) is 0 Å². The Morgan fingerprint density at radius 1 is 1.10 bits per heavy atom. The van der Waals surface area contributed by atoms with Gasteiger partial charge in [-0.25, -0.2) is 0 Å². The number of aromatic amines is 1. The van der Waals surface area contributed by atoms with E-state index >= 15 is 0 Å². The van der Waals surface area contributed by atoms with Crippen molar-refractivity contribution >= 4 is 40.2 Å². The van der Waals surface area contributed by atoms with Gasteiger partial charge in [-0.3, -0.25) is 14.4 Å². The lowest BCUT2D eigenvalue weighted by Gasteiger charge is -2.54. The maximum atomic E-state index is 14.2. The molecule has 2 saturated heterocycles. The van der Waals surface area contributed by atoms with Gasteiger partial charge in [-0.05, 0) is 94.9 Å². The molecule has 1 aliphatic carbocycles. The van der Waals surface area contributed by atoms with Crippen LogP contribution in [0.1, 0.15) is 82.4 Å². The summed E-state index contributed by atoms with van der Waals surface area (Å²) in [6.07, 6.45) is 12.3. The van der Waals surface area contributed by atoms with E-state index in [1.165, 1.54) is 18.4 Å². The quantitative estimate of drug-likeness (QED) is 0.456. The number of nitrogens with zero attached hydrogens (tertiary/aromatic N) is 2. The summed E-state index contributed by atoms with van der Waals surface area (Å²) in [6.45, 7) is 4.70. The van der Waals surface area contributed by atoms with E-state index in [9.17, 15) is 14.4 Å². The number of nitrogens with one attached hydrogen (secondary N) is 2. The molecule has 40 heavy (non-hydrogen) atoms. The van der Waals surface area contributed by atoms with Crippen molar-refractivity contribution in [1.82, 2.24) is 20.1 Å². The minimum Gasteiger partial charge on any atom is -0.356 e. The Morgan fingerprint density at radius 2 is 1.93 bits per heavy atom. The molecule has 0 unspecified atom stereocenters. The molecule has 4 heterocycles. The number of hydrogen-bond acceptors (Lipinski definition) is 3. The molecule has 0 bridgehead atoms. The van der Waals surface area contributed by atoms with Gasteiger partial charge in [0.25, 0.3) is 0 Å². The van der Waals surface area contributed by atoms with Crippen LogP contribution in [-0.2, 0) is 26.3 Å². The second kappa shape index (κ2) is 11.2. The lowest BCUT2D eigenvalue weighted by molar-refractivity contribution is -0.164. The van der Waals surface area contributed by atoms with E-state index in [0.29, 0.717) is 31.0 Å². The third kappa shape index (κ3) is 4.95. The van der Waals surface area contributed by atoms with Crippen LogP contribution >= 0.6 is 11.6 Å². The van der Waals surface area contributed by atoms with Crippen LogP contribution in [0.15, 0.2) is 29.8 Å². The molecule has 0 spiro atoms. The van der Waals surface area contributed by atoms with Crippen LogP contribution in [-0.4, -0.2) is 58.7 Å². The molecule has 1 aromatic heterocycles. The summed E-state index contributed by atoms with van der Waals surface area (Å²) in [5.74, 6) is -0.922. The zero-order valence-corrected chi connectivity index (χ0v) is 24.3. The number of carbonyl (C=O) groups is 3. The number of aromatic nitrogens is 1. The lowest BCUT2D eigenvalue weighted by atomic mass is 9.67. The number of likely N-dealkylation sites (tertiary alicyclic amines) is 1. The van der Waals surface area contributed by atoms with E-state index in [1.54, 1.807) is 0 Å². The average Bonchev–Trinajstić information content (AvgIpc) is 3.34. The number of halogens is 1. The van der Waals surface area contributed by atoms with Crippen molar-refractivity contribution in [2.45, 2.75) is 83.1 Å². The highest BCUT2D eigenvalue weighted by Crippen LogP contribution is 2.50. The fraction of sp³-hybridized carbons (Fsp3) is 0.594. The molecule has 3 atom stereocenters. The summed E-state index contributed by atoms with van der Waals surface area (Å²) < 4.78 is 0. The third-order valence-electron chi connectivity index (χ3n) is 9.89. The molecule has 8 heteroatoms. The Labute approximate surface area is 241 Å². The minimum absolute atomic E-state index is 0.0160. The number of rotatable bonds is 6. The number of piperidine rings is 2. The van der Waals surface area contributed by atoms with Crippen LogP contribution in [0.2, 0.25) is 5.02 Å². The molecule has 2 aromatic rings. The first-order valence-corrected chi connectivity index (χ1v) is 15.6. The van der Waals surface area contributed by atoms with Crippen LogP contribution in [0.4, 0.5) is 0 Å². The van der Waals surface area contributed by atoms with Gasteiger partial charge in [0.05, 0.1) is 11.5 Å². The van der Waals surface area contributed by atoms with Gasteiger partial charge < -0.3 is 20.1 Å². The lowest BCUT2D eigenvalue weighted by Crippen LogP contribution is -2.64. The minimum atomic E-state index is -0.800. The number of benzene rings is 1. The van der Waals surface area contributed by atoms with Crippen molar-refractivity contribution in [1.29, 1.82) is 0 Å². The molecule has 4 aliphatic rings. The van der Waals surface area contributed by atoms with Crippen molar-refractivity contribution in [3.63, 3.8) is 0 Å². The SMILES string of the molecule is C[C@]12c3[nH]c4ccc(Cl)cc4c3CCN1C(=O)[C@@H](CC(=O)NCCC1=CCCCC1)C[C@@H]2C(=O)N1CCCCC1. The third-order valence-corrected chi connectivity index (χ3v) is 10.1. The molecule has 2 N–H and O–H groups in total. The molecule has 0 radical (unpaired) electrons. The number of carbonyl (C=O) groups excluding carboxylic acids is 3. The molecule has 3 aliphatic heterocycles. The Balaban J connectivity index is 1.27. The number of hydrogen-bond donors (Lipinski definition) is 2. The van der Waals surface area contributed by atoms with E-state index in [2.05, 4.69) is 23.3 Å². The smallest absolute Gasteiger partial charge is 0.228 e. The maximum absolute atomic E-state index is 14.2. The number of fused-ring (bicyclic) bond motifs is 5. The fourth-order valence-corrected chi connectivity index (χ4v) is 7.85. The number of H-pyrrole nitrogens is 1. The van der Waals surface area contributed by atoms with E-state index in [4.69, 9.17) is 11.6 Å². The van der Waals surface area contributed by atoms with Gasteiger partial charge in [-0.15, -0.1) is 0 Å². The molecule has 7 nitrogen and oxygen atoms in total. The van der Waals surface area contributed by atoms with Gasteiger partial charge in [0.2, 0.25) is 17.7 Å². The molecular weight excluding hydrogens is 524 g/mol. The Kier molecular flexibility index (Phi) is 7.68. The molecule has 1 aromatic carbocycles. The molecule has 214 valence electrons. The summed E-state index contributed by atoms with van der Waals surface area (Å²) in [7, 11) is 0. The van der Waals surface area contributed by atoms with Gasteiger partial charge in [0.15, 0.2) is 0 Å².